The number of nitrogens with one attached hydrogen (secondary N) is 1. The Morgan fingerprint density at radius 3 is 2.72 bits per heavy atom. The Bertz CT molecular complexity index is 584. The standard InChI is InChI=1S/C10H10Cl2N4OS/c1-3-16(2)10(17)13-7-5(11)4-6(12)8-9(7)15-18-14-8/h4H,3H2,1-2H3,(H,13,17). The normalized spacial score (nSPS) is 12.0. The van der Waals surface area contributed by atoms with Gasteiger partial charge in [-0.2, -0.15) is 8.73 Å². The van der Waals surface area contributed by atoms with E-state index >= 15 is 0 Å². The van der Waals surface area contributed by atoms with E-state index in [1.165, 1.54) is 4.90 Å². The monoisotopic (exact) mass is 304 g/mol. The zero-order valence-corrected chi connectivity index (χ0v) is 12.0. The summed E-state index contributed by atoms with van der Waals surface area (Å²) in [7, 11) is 1.69. The molecule has 8 heteroatoms. The van der Waals surface area contributed by atoms with Gasteiger partial charge < -0.3 is 10.2 Å². The lowest BCUT2D eigenvalue weighted by molar-refractivity contribution is 0.224. The fraction of sp³-hybridized carbons (Fsp3) is 0.300. The molecule has 1 aromatic rings. The van der Waals surface area contributed by atoms with E-state index in [4.69, 9.17) is 23.2 Å². The Balaban J connectivity index is 2.38. The van der Waals surface area contributed by atoms with Crippen molar-refractivity contribution < 1.29 is 4.79 Å². The van der Waals surface area contributed by atoms with Gasteiger partial charge in [0.25, 0.3) is 0 Å². The minimum atomic E-state index is -0.254. The van der Waals surface area contributed by atoms with Crippen LogP contribution in [0.1, 0.15) is 6.92 Å². The molecule has 18 heavy (non-hydrogen) atoms. The summed E-state index contributed by atoms with van der Waals surface area (Å²) in [6.07, 6.45) is 0. The SMILES string of the molecule is CCN(C)C(=O)Nc1c(Cl)cc(Cl)c2c1N=S=N2. The molecule has 2 amide bonds. The van der Waals surface area contributed by atoms with Crippen LogP contribution in [-0.2, 0) is 11.4 Å². The molecule has 0 unspecified atom stereocenters. The summed E-state index contributed by atoms with van der Waals surface area (Å²) < 4.78 is 8.17. The van der Waals surface area contributed by atoms with Crippen LogP contribution in [0.2, 0.25) is 10.0 Å². The van der Waals surface area contributed by atoms with Gasteiger partial charge in [-0.05, 0) is 13.0 Å². The van der Waals surface area contributed by atoms with E-state index in [1.54, 1.807) is 13.1 Å². The van der Waals surface area contributed by atoms with Gasteiger partial charge >= 0.3 is 6.03 Å². The number of benzene rings is 1. The summed E-state index contributed by atoms with van der Waals surface area (Å²) >= 11 is 13.1. The maximum absolute atomic E-state index is 11.8. The molecule has 5 nitrogen and oxygen atoms in total. The first-order valence-electron chi connectivity index (χ1n) is 5.17. The van der Waals surface area contributed by atoms with E-state index < -0.39 is 0 Å². The summed E-state index contributed by atoms with van der Waals surface area (Å²) in [6.45, 7) is 2.47. The first-order valence-corrected chi connectivity index (χ1v) is 6.65. The van der Waals surface area contributed by atoms with Crippen molar-refractivity contribution in [3.05, 3.63) is 16.1 Å². The number of carbonyl (C=O) groups is 1. The second-order valence-corrected chi connectivity index (χ2v) is 4.96. The van der Waals surface area contributed by atoms with E-state index in [0.29, 0.717) is 33.7 Å². The van der Waals surface area contributed by atoms with E-state index in [2.05, 4.69) is 14.0 Å². The summed E-state index contributed by atoms with van der Waals surface area (Å²) in [5.74, 6) is 0. The number of carbonyl (C=O) groups excluding carboxylic acids is 1. The smallest absolute Gasteiger partial charge is 0.321 e. The molecule has 0 radical (unpaired) electrons. The molecule has 0 bridgehead atoms. The highest BCUT2D eigenvalue weighted by atomic mass is 35.5. The van der Waals surface area contributed by atoms with Gasteiger partial charge in [-0.25, -0.2) is 4.79 Å². The van der Waals surface area contributed by atoms with Crippen molar-refractivity contribution in [2.75, 3.05) is 18.9 Å². The zero-order valence-electron chi connectivity index (χ0n) is 9.70. The quantitative estimate of drug-likeness (QED) is 0.888. The molecule has 1 heterocycles. The van der Waals surface area contributed by atoms with E-state index in [-0.39, 0.29) is 6.03 Å². The summed E-state index contributed by atoms with van der Waals surface area (Å²) in [5, 5.41) is 3.49. The Kier molecular flexibility index (Phi) is 3.89. The third kappa shape index (κ3) is 2.36. The molecule has 1 aliphatic heterocycles. The predicted octanol–water partition coefficient (Wildman–Crippen LogP) is 4.20. The summed E-state index contributed by atoms with van der Waals surface area (Å²) in [6, 6.07) is 1.30. The number of fused-ring (bicyclic) bond motifs is 1. The van der Waals surface area contributed by atoms with Crippen LogP contribution in [0.4, 0.5) is 21.9 Å². The van der Waals surface area contributed by atoms with Crippen molar-refractivity contribution in [3.8, 4) is 0 Å². The van der Waals surface area contributed by atoms with E-state index in [1.807, 2.05) is 6.92 Å². The first-order chi connectivity index (χ1) is 8.54. The van der Waals surface area contributed by atoms with Crippen molar-refractivity contribution >= 4 is 57.6 Å². The lowest BCUT2D eigenvalue weighted by atomic mass is 10.2. The van der Waals surface area contributed by atoms with Crippen LogP contribution < -0.4 is 5.32 Å². The van der Waals surface area contributed by atoms with E-state index in [9.17, 15) is 4.79 Å². The average molecular weight is 305 g/mol. The number of halogens is 2. The molecule has 1 aliphatic rings. The van der Waals surface area contributed by atoms with Gasteiger partial charge in [0.1, 0.15) is 11.4 Å². The Morgan fingerprint density at radius 1 is 1.39 bits per heavy atom. The highest BCUT2D eigenvalue weighted by molar-refractivity contribution is 7.58. The number of nitrogens with zero attached hydrogens (tertiary/aromatic N) is 3. The molecule has 1 N–H and O–H groups in total. The molecule has 0 aromatic heterocycles. The Morgan fingerprint density at radius 2 is 2.06 bits per heavy atom. The molecule has 0 aliphatic carbocycles. The van der Waals surface area contributed by atoms with Crippen LogP contribution in [0.5, 0.6) is 0 Å². The first kappa shape index (κ1) is 13.3. The topological polar surface area (TPSA) is 57.1 Å². The molecule has 0 spiro atoms. The van der Waals surface area contributed by atoms with Gasteiger partial charge in [0.2, 0.25) is 0 Å². The van der Waals surface area contributed by atoms with Crippen LogP contribution in [-0.4, -0.2) is 24.5 Å². The molecule has 0 fully saturated rings. The highest BCUT2D eigenvalue weighted by Gasteiger charge is 2.20. The lowest BCUT2D eigenvalue weighted by Gasteiger charge is -2.17. The van der Waals surface area contributed by atoms with Crippen LogP contribution >= 0.6 is 23.2 Å². The van der Waals surface area contributed by atoms with Crippen LogP contribution in [0.3, 0.4) is 0 Å². The average Bonchev–Trinajstić information content (AvgIpc) is 2.82. The minimum absolute atomic E-state index is 0.254. The van der Waals surface area contributed by atoms with Crippen molar-refractivity contribution in [2.24, 2.45) is 8.73 Å². The highest BCUT2D eigenvalue weighted by Crippen LogP contribution is 2.47. The van der Waals surface area contributed by atoms with Gasteiger partial charge in [-0.1, -0.05) is 23.2 Å². The Hall–Kier alpha value is -1.11. The van der Waals surface area contributed by atoms with Gasteiger partial charge in [0.15, 0.2) is 0 Å². The molecular formula is C10H10Cl2N4OS. The van der Waals surface area contributed by atoms with Crippen LogP contribution in [0.15, 0.2) is 14.8 Å². The maximum atomic E-state index is 11.8. The summed E-state index contributed by atoms with van der Waals surface area (Å²) in [5.41, 5.74) is 1.49. The molecule has 1 aromatic carbocycles. The fourth-order valence-corrected chi connectivity index (χ4v) is 2.50. The van der Waals surface area contributed by atoms with Gasteiger partial charge in [-0.3, -0.25) is 0 Å². The molecule has 2 rings (SSSR count). The molecule has 96 valence electrons. The van der Waals surface area contributed by atoms with Gasteiger partial charge in [-0.15, -0.1) is 0 Å². The maximum Gasteiger partial charge on any atom is 0.321 e. The van der Waals surface area contributed by atoms with Crippen molar-refractivity contribution in [1.29, 1.82) is 0 Å². The second kappa shape index (κ2) is 5.26. The third-order valence-electron chi connectivity index (χ3n) is 2.50. The largest absolute Gasteiger partial charge is 0.328 e. The number of urea groups is 1. The van der Waals surface area contributed by atoms with Crippen molar-refractivity contribution in [2.45, 2.75) is 6.92 Å². The van der Waals surface area contributed by atoms with Crippen molar-refractivity contribution in [3.63, 3.8) is 0 Å². The Labute approximate surface area is 118 Å². The van der Waals surface area contributed by atoms with Crippen molar-refractivity contribution in [1.82, 2.24) is 4.90 Å². The van der Waals surface area contributed by atoms with Gasteiger partial charge in [0, 0.05) is 13.6 Å². The number of hydrogen-bond acceptors (Lipinski definition) is 3. The second-order valence-electron chi connectivity index (χ2n) is 3.62. The van der Waals surface area contributed by atoms with Gasteiger partial charge in [0.05, 0.1) is 27.1 Å². The fourth-order valence-electron chi connectivity index (χ4n) is 1.34. The number of hydrogen-bond donors (Lipinski definition) is 1. The summed E-state index contributed by atoms with van der Waals surface area (Å²) in [4.78, 5) is 13.3. The number of amides is 2. The number of anilines is 1. The molecule has 0 saturated carbocycles. The molecule has 0 saturated heterocycles. The molecule has 0 atom stereocenters. The minimum Gasteiger partial charge on any atom is -0.328 e. The molecular weight excluding hydrogens is 295 g/mol. The van der Waals surface area contributed by atoms with E-state index in [0.717, 1.165) is 11.4 Å². The number of rotatable bonds is 2. The zero-order chi connectivity index (χ0) is 13.3. The third-order valence-corrected chi connectivity index (χ3v) is 3.61. The predicted molar refractivity (Wildman–Crippen MR) is 75.3 cm³/mol. The van der Waals surface area contributed by atoms with Crippen LogP contribution in [0, 0.1) is 0 Å². The lowest BCUT2D eigenvalue weighted by Crippen LogP contribution is -2.31. The van der Waals surface area contributed by atoms with Crippen LogP contribution in [0.25, 0.3) is 0 Å².